The molecule has 1 aromatic rings. The van der Waals surface area contributed by atoms with Crippen LogP contribution in [0.25, 0.3) is 0 Å². The molecule has 2 saturated carbocycles. The van der Waals surface area contributed by atoms with Crippen LogP contribution < -0.4 is 0 Å². The van der Waals surface area contributed by atoms with Gasteiger partial charge in [0.15, 0.2) is 5.82 Å². The molecule has 2 atom stereocenters. The second-order valence-electron chi connectivity index (χ2n) is 6.93. The lowest BCUT2D eigenvalue weighted by Gasteiger charge is -2.35. The minimum absolute atomic E-state index is 0.0312. The molecule has 0 radical (unpaired) electrons. The maximum Gasteiger partial charge on any atom is 0.229 e. The predicted octanol–water partition coefficient (Wildman–Crippen LogP) is 3.05. The Morgan fingerprint density at radius 3 is 2.76 bits per heavy atom. The number of hydrogen-bond acceptors (Lipinski definition) is 4. The topological polar surface area (TPSA) is 59.2 Å². The first-order valence-corrected chi connectivity index (χ1v) is 8.38. The Morgan fingerprint density at radius 1 is 1.24 bits per heavy atom. The van der Waals surface area contributed by atoms with E-state index in [1.54, 1.807) is 0 Å². The fraction of sp³-hybridized carbons (Fsp3) is 0.812. The fourth-order valence-electron chi connectivity index (χ4n) is 3.40. The van der Waals surface area contributed by atoms with E-state index in [1.165, 1.54) is 12.8 Å². The van der Waals surface area contributed by atoms with Gasteiger partial charge in [-0.2, -0.15) is 4.98 Å². The first-order chi connectivity index (χ1) is 10.2. The van der Waals surface area contributed by atoms with Gasteiger partial charge in [-0.25, -0.2) is 0 Å². The number of hydrogen-bond donors (Lipinski definition) is 0. The molecular weight excluding hydrogens is 266 g/mol. The molecule has 5 nitrogen and oxygen atoms in total. The van der Waals surface area contributed by atoms with Crippen LogP contribution in [0.1, 0.15) is 75.5 Å². The van der Waals surface area contributed by atoms with Gasteiger partial charge in [-0.1, -0.05) is 12.1 Å². The van der Waals surface area contributed by atoms with Crippen molar-refractivity contribution in [1.29, 1.82) is 0 Å². The van der Waals surface area contributed by atoms with Crippen molar-refractivity contribution < 1.29 is 9.32 Å². The molecule has 114 valence electrons. The number of piperidine rings is 1. The summed E-state index contributed by atoms with van der Waals surface area (Å²) in [6, 6.07) is 0.0312. The number of likely N-dealkylation sites (tertiary alicyclic amines) is 1. The number of amides is 1. The molecule has 0 aromatic carbocycles. The van der Waals surface area contributed by atoms with E-state index in [4.69, 9.17) is 4.52 Å². The highest BCUT2D eigenvalue weighted by Crippen LogP contribution is 2.41. The summed E-state index contributed by atoms with van der Waals surface area (Å²) in [7, 11) is 0. The Hall–Kier alpha value is -1.39. The molecule has 1 aromatic heterocycles. The Labute approximate surface area is 125 Å². The Balaban J connectivity index is 1.53. The third kappa shape index (κ3) is 2.58. The summed E-state index contributed by atoms with van der Waals surface area (Å²) in [6.45, 7) is 2.92. The summed E-state index contributed by atoms with van der Waals surface area (Å²) in [5, 5.41) is 4.17. The van der Waals surface area contributed by atoms with Gasteiger partial charge in [-0.05, 0) is 50.9 Å². The second kappa shape index (κ2) is 5.11. The molecule has 2 aliphatic carbocycles. The molecule has 5 heteroatoms. The number of nitrogens with zero attached hydrogens (tertiary/aromatic N) is 3. The summed E-state index contributed by atoms with van der Waals surface area (Å²) >= 11 is 0. The molecule has 0 N–H and O–H groups in total. The molecule has 1 aliphatic heterocycles. The summed E-state index contributed by atoms with van der Waals surface area (Å²) in [5.41, 5.74) is 0. The van der Waals surface area contributed by atoms with Gasteiger partial charge in [-0.3, -0.25) is 4.79 Å². The van der Waals surface area contributed by atoms with Gasteiger partial charge in [-0.15, -0.1) is 0 Å². The third-order valence-electron chi connectivity index (χ3n) is 5.19. The highest BCUT2D eigenvalue weighted by atomic mass is 16.5. The first-order valence-electron chi connectivity index (χ1n) is 8.38. The quantitative estimate of drug-likeness (QED) is 0.854. The standard InChI is InChI=1S/C16H23N3O2/c1-10(11-5-6-11)16(20)19-9-3-2-4-13(19)14-17-15(21-18-14)12-7-8-12/h10-13H,2-9H2,1H3. The zero-order chi connectivity index (χ0) is 14.4. The van der Waals surface area contributed by atoms with Crippen molar-refractivity contribution in [3.05, 3.63) is 11.7 Å². The SMILES string of the molecule is CC(C(=O)N1CCCCC1c1noc(C2CC2)n1)C1CC1. The van der Waals surface area contributed by atoms with Crippen LogP contribution in [0.15, 0.2) is 4.52 Å². The molecule has 3 fully saturated rings. The smallest absolute Gasteiger partial charge is 0.229 e. The van der Waals surface area contributed by atoms with Crippen LogP contribution in [0.2, 0.25) is 0 Å². The van der Waals surface area contributed by atoms with Crippen LogP contribution in [-0.4, -0.2) is 27.5 Å². The summed E-state index contributed by atoms with van der Waals surface area (Å²) < 4.78 is 5.39. The predicted molar refractivity (Wildman–Crippen MR) is 76.5 cm³/mol. The van der Waals surface area contributed by atoms with E-state index >= 15 is 0 Å². The summed E-state index contributed by atoms with van der Waals surface area (Å²) in [4.78, 5) is 19.4. The molecule has 2 heterocycles. The van der Waals surface area contributed by atoms with Gasteiger partial charge in [0.25, 0.3) is 0 Å². The van der Waals surface area contributed by atoms with Crippen molar-refractivity contribution in [2.24, 2.45) is 11.8 Å². The molecule has 0 bridgehead atoms. The van der Waals surface area contributed by atoms with Gasteiger partial charge in [0.05, 0.1) is 6.04 Å². The van der Waals surface area contributed by atoms with Crippen molar-refractivity contribution in [1.82, 2.24) is 15.0 Å². The van der Waals surface area contributed by atoms with Gasteiger partial charge >= 0.3 is 0 Å². The van der Waals surface area contributed by atoms with E-state index in [1.807, 2.05) is 4.90 Å². The lowest BCUT2D eigenvalue weighted by atomic mass is 9.97. The molecule has 1 saturated heterocycles. The lowest BCUT2D eigenvalue weighted by Crippen LogP contribution is -2.42. The Morgan fingerprint density at radius 2 is 2.05 bits per heavy atom. The van der Waals surface area contributed by atoms with Gasteiger partial charge in [0, 0.05) is 18.4 Å². The molecule has 4 rings (SSSR count). The van der Waals surface area contributed by atoms with Crippen LogP contribution >= 0.6 is 0 Å². The zero-order valence-corrected chi connectivity index (χ0v) is 12.6. The summed E-state index contributed by atoms with van der Waals surface area (Å²) in [5.74, 6) is 3.03. The maximum atomic E-state index is 12.8. The third-order valence-corrected chi connectivity index (χ3v) is 5.19. The van der Waals surface area contributed by atoms with E-state index in [2.05, 4.69) is 17.1 Å². The zero-order valence-electron chi connectivity index (χ0n) is 12.6. The van der Waals surface area contributed by atoms with Crippen LogP contribution in [0, 0.1) is 11.8 Å². The van der Waals surface area contributed by atoms with Gasteiger partial charge in [0.1, 0.15) is 0 Å². The van der Waals surface area contributed by atoms with E-state index in [0.29, 0.717) is 17.7 Å². The van der Waals surface area contributed by atoms with Gasteiger partial charge in [0.2, 0.25) is 11.8 Å². The van der Waals surface area contributed by atoms with E-state index in [0.717, 1.165) is 50.4 Å². The molecule has 2 unspecified atom stereocenters. The largest absolute Gasteiger partial charge is 0.339 e. The Kier molecular flexibility index (Phi) is 3.23. The van der Waals surface area contributed by atoms with Gasteiger partial charge < -0.3 is 9.42 Å². The van der Waals surface area contributed by atoms with Crippen molar-refractivity contribution in [2.45, 2.75) is 63.8 Å². The van der Waals surface area contributed by atoms with Crippen LogP contribution in [0.3, 0.4) is 0 Å². The normalized spacial score (nSPS) is 27.7. The van der Waals surface area contributed by atoms with Crippen molar-refractivity contribution in [2.75, 3.05) is 6.54 Å². The molecular formula is C16H23N3O2. The van der Waals surface area contributed by atoms with E-state index in [-0.39, 0.29) is 12.0 Å². The lowest BCUT2D eigenvalue weighted by molar-refractivity contribution is -0.139. The Bertz CT molecular complexity index is 533. The molecule has 21 heavy (non-hydrogen) atoms. The maximum absolute atomic E-state index is 12.8. The minimum Gasteiger partial charge on any atom is -0.339 e. The van der Waals surface area contributed by atoms with Crippen molar-refractivity contribution in [3.63, 3.8) is 0 Å². The molecule has 1 amide bonds. The number of rotatable bonds is 4. The minimum atomic E-state index is 0.0312. The monoisotopic (exact) mass is 289 g/mol. The van der Waals surface area contributed by atoms with Crippen molar-refractivity contribution >= 4 is 5.91 Å². The van der Waals surface area contributed by atoms with Crippen LogP contribution in [0.4, 0.5) is 0 Å². The number of aromatic nitrogens is 2. The fourth-order valence-corrected chi connectivity index (χ4v) is 3.40. The number of carbonyl (C=O) groups excluding carboxylic acids is 1. The highest BCUT2D eigenvalue weighted by Gasteiger charge is 2.40. The van der Waals surface area contributed by atoms with Crippen LogP contribution in [0.5, 0.6) is 0 Å². The first kappa shape index (κ1) is 13.3. The molecule has 3 aliphatic rings. The van der Waals surface area contributed by atoms with Crippen LogP contribution in [-0.2, 0) is 4.79 Å². The average molecular weight is 289 g/mol. The number of carbonyl (C=O) groups is 1. The molecule has 0 spiro atoms. The van der Waals surface area contributed by atoms with E-state index < -0.39 is 0 Å². The van der Waals surface area contributed by atoms with E-state index in [9.17, 15) is 4.79 Å². The van der Waals surface area contributed by atoms with Crippen molar-refractivity contribution in [3.8, 4) is 0 Å². The summed E-state index contributed by atoms with van der Waals surface area (Å²) in [6.07, 6.45) is 7.93. The highest BCUT2D eigenvalue weighted by molar-refractivity contribution is 5.79. The average Bonchev–Trinajstić information content (AvgIpc) is 3.44. The second-order valence-corrected chi connectivity index (χ2v) is 6.93.